The molecule has 86 valence electrons. The molecule has 14 heavy (non-hydrogen) atoms. The molecule has 0 aromatic rings. The van der Waals surface area contributed by atoms with E-state index in [2.05, 4.69) is 0 Å². The van der Waals surface area contributed by atoms with Crippen LogP contribution in [0.5, 0.6) is 0 Å². The summed E-state index contributed by atoms with van der Waals surface area (Å²) >= 11 is 0. The van der Waals surface area contributed by atoms with Gasteiger partial charge in [0.2, 0.25) is 0 Å². The highest BCUT2D eigenvalue weighted by Crippen LogP contribution is 2.21. The third-order valence-corrected chi connectivity index (χ3v) is 2.51. The van der Waals surface area contributed by atoms with E-state index in [0.717, 1.165) is 0 Å². The van der Waals surface area contributed by atoms with Crippen LogP contribution in [-0.4, -0.2) is 44.8 Å². The Hall–Kier alpha value is -0.160. The maximum Gasteiger partial charge on any atom is 0.116 e. The first-order chi connectivity index (χ1) is 6.37. The predicted molar refractivity (Wildman–Crippen MR) is 53.8 cm³/mol. The van der Waals surface area contributed by atoms with Crippen LogP contribution in [-0.2, 0) is 0 Å². The molecule has 0 aliphatic rings. The van der Waals surface area contributed by atoms with Crippen molar-refractivity contribution in [3.8, 4) is 0 Å². The molecule has 0 radical (unpaired) electrons. The molecule has 3 atom stereocenters. The molecular weight excluding hydrogens is 184 g/mol. The number of aliphatic hydroxyl groups excluding tert-OH is 3. The highest BCUT2D eigenvalue weighted by Gasteiger charge is 2.37. The number of hydrogen-bond donors (Lipinski definition) is 4. The molecule has 0 saturated carbocycles. The zero-order valence-corrected chi connectivity index (χ0v) is 9.14. The second-order valence-electron chi connectivity index (χ2n) is 4.26. The maximum absolute atomic E-state index is 9.72. The summed E-state index contributed by atoms with van der Waals surface area (Å²) in [5, 5.41) is 37.8. The van der Waals surface area contributed by atoms with Crippen molar-refractivity contribution in [1.29, 1.82) is 0 Å². The molecule has 0 aromatic heterocycles. The van der Waals surface area contributed by atoms with Crippen molar-refractivity contribution >= 4 is 0 Å². The van der Waals surface area contributed by atoms with Crippen molar-refractivity contribution in [2.45, 2.75) is 51.4 Å². The fraction of sp³-hybridized carbons (Fsp3) is 1.00. The average Bonchev–Trinajstić information content (AvgIpc) is 2.14. The van der Waals surface area contributed by atoms with Gasteiger partial charge in [-0.2, -0.15) is 0 Å². The highest BCUT2D eigenvalue weighted by atomic mass is 16.4. The minimum Gasteiger partial charge on any atom is -0.393 e. The molecule has 0 fully saturated rings. The molecule has 0 amide bonds. The molecule has 3 unspecified atom stereocenters. The van der Waals surface area contributed by atoms with Gasteiger partial charge in [-0.25, -0.2) is 0 Å². The van der Waals surface area contributed by atoms with E-state index >= 15 is 0 Å². The van der Waals surface area contributed by atoms with Crippen LogP contribution in [0, 0.1) is 5.92 Å². The van der Waals surface area contributed by atoms with Crippen LogP contribution >= 0.6 is 0 Å². The summed E-state index contributed by atoms with van der Waals surface area (Å²) in [4.78, 5) is 0. The van der Waals surface area contributed by atoms with Crippen molar-refractivity contribution in [2.75, 3.05) is 6.61 Å². The molecule has 0 aromatic carbocycles. The summed E-state index contributed by atoms with van der Waals surface area (Å²) in [6.45, 7) is 4.95. The first-order valence-electron chi connectivity index (χ1n) is 5.06. The number of aliphatic hydroxyl groups is 4. The standard InChI is InChI=1S/C10H22O4/c1-4-10(14,6-11)9(13)8(12)5-7(2)3/h7-9,11-14H,4-6H2,1-3H3. The van der Waals surface area contributed by atoms with Gasteiger partial charge < -0.3 is 20.4 Å². The maximum atomic E-state index is 9.72. The average molecular weight is 206 g/mol. The summed E-state index contributed by atoms with van der Waals surface area (Å²) in [6, 6.07) is 0. The van der Waals surface area contributed by atoms with Gasteiger partial charge in [-0.05, 0) is 18.8 Å². The molecular formula is C10H22O4. The third-order valence-electron chi connectivity index (χ3n) is 2.51. The Kier molecular flexibility index (Phi) is 5.59. The van der Waals surface area contributed by atoms with Crippen LogP contribution in [0.3, 0.4) is 0 Å². The molecule has 0 rings (SSSR count). The second-order valence-corrected chi connectivity index (χ2v) is 4.26. The minimum atomic E-state index is -1.59. The molecule has 0 aliphatic carbocycles. The van der Waals surface area contributed by atoms with E-state index in [1.807, 2.05) is 13.8 Å². The van der Waals surface area contributed by atoms with Crippen molar-refractivity contribution in [2.24, 2.45) is 5.92 Å². The Morgan fingerprint density at radius 1 is 1.21 bits per heavy atom. The molecule has 0 aliphatic heterocycles. The van der Waals surface area contributed by atoms with E-state index < -0.39 is 24.4 Å². The Morgan fingerprint density at radius 3 is 2.00 bits per heavy atom. The molecule has 0 bridgehead atoms. The minimum absolute atomic E-state index is 0.208. The van der Waals surface area contributed by atoms with E-state index in [4.69, 9.17) is 5.11 Å². The van der Waals surface area contributed by atoms with Gasteiger partial charge in [0.25, 0.3) is 0 Å². The summed E-state index contributed by atoms with van der Waals surface area (Å²) in [6.07, 6.45) is -1.67. The van der Waals surface area contributed by atoms with Gasteiger partial charge in [-0.15, -0.1) is 0 Å². The number of hydrogen-bond acceptors (Lipinski definition) is 4. The van der Waals surface area contributed by atoms with Crippen molar-refractivity contribution in [3.63, 3.8) is 0 Å². The van der Waals surface area contributed by atoms with E-state index in [1.165, 1.54) is 0 Å². The van der Waals surface area contributed by atoms with Gasteiger partial charge in [0.1, 0.15) is 11.7 Å². The summed E-state index contributed by atoms with van der Waals surface area (Å²) in [5.41, 5.74) is -1.59. The SMILES string of the molecule is CCC(O)(CO)C(O)C(O)CC(C)C. The molecule has 0 heterocycles. The molecule has 0 spiro atoms. The highest BCUT2D eigenvalue weighted by molar-refractivity contribution is 4.89. The van der Waals surface area contributed by atoms with E-state index in [9.17, 15) is 15.3 Å². The third kappa shape index (κ3) is 3.53. The van der Waals surface area contributed by atoms with Crippen LogP contribution in [0.15, 0.2) is 0 Å². The molecule has 4 nitrogen and oxygen atoms in total. The molecule has 0 saturated heterocycles. The Morgan fingerprint density at radius 2 is 1.71 bits per heavy atom. The van der Waals surface area contributed by atoms with E-state index in [-0.39, 0.29) is 12.3 Å². The van der Waals surface area contributed by atoms with Crippen molar-refractivity contribution in [1.82, 2.24) is 0 Å². The molecule has 4 N–H and O–H groups in total. The lowest BCUT2D eigenvalue weighted by molar-refractivity contribution is -0.150. The zero-order valence-electron chi connectivity index (χ0n) is 9.14. The predicted octanol–water partition coefficient (Wildman–Crippen LogP) is -0.112. The van der Waals surface area contributed by atoms with Crippen LogP contribution < -0.4 is 0 Å². The Bertz CT molecular complexity index is 154. The van der Waals surface area contributed by atoms with Gasteiger partial charge in [0.05, 0.1) is 12.7 Å². The van der Waals surface area contributed by atoms with Crippen molar-refractivity contribution < 1.29 is 20.4 Å². The van der Waals surface area contributed by atoms with Gasteiger partial charge in [0.15, 0.2) is 0 Å². The van der Waals surface area contributed by atoms with Crippen LogP contribution in [0.4, 0.5) is 0 Å². The topological polar surface area (TPSA) is 80.9 Å². The summed E-state index contributed by atoms with van der Waals surface area (Å²) in [7, 11) is 0. The van der Waals surface area contributed by atoms with Gasteiger partial charge in [0, 0.05) is 0 Å². The second kappa shape index (κ2) is 5.66. The van der Waals surface area contributed by atoms with Crippen LogP contribution in [0.25, 0.3) is 0 Å². The smallest absolute Gasteiger partial charge is 0.116 e. The lowest BCUT2D eigenvalue weighted by atomic mass is 9.87. The van der Waals surface area contributed by atoms with E-state index in [0.29, 0.717) is 6.42 Å². The zero-order chi connectivity index (χ0) is 11.4. The van der Waals surface area contributed by atoms with Crippen LogP contribution in [0.1, 0.15) is 33.6 Å². The number of rotatable bonds is 6. The van der Waals surface area contributed by atoms with Gasteiger partial charge in [-0.3, -0.25) is 0 Å². The van der Waals surface area contributed by atoms with Crippen LogP contribution in [0.2, 0.25) is 0 Å². The quantitative estimate of drug-likeness (QED) is 0.489. The lowest BCUT2D eigenvalue weighted by Gasteiger charge is -2.33. The first kappa shape index (κ1) is 13.8. The molecule has 4 heteroatoms. The van der Waals surface area contributed by atoms with Crippen molar-refractivity contribution in [3.05, 3.63) is 0 Å². The fourth-order valence-electron chi connectivity index (χ4n) is 1.38. The first-order valence-corrected chi connectivity index (χ1v) is 5.06. The Balaban J connectivity index is 4.34. The Labute approximate surface area is 85.2 Å². The van der Waals surface area contributed by atoms with Gasteiger partial charge in [-0.1, -0.05) is 20.8 Å². The fourth-order valence-corrected chi connectivity index (χ4v) is 1.38. The normalized spacial score (nSPS) is 20.6. The van der Waals surface area contributed by atoms with Gasteiger partial charge >= 0.3 is 0 Å². The largest absolute Gasteiger partial charge is 0.393 e. The monoisotopic (exact) mass is 206 g/mol. The summed E-state index contributed by atoms with van der Waals surface area (Å²) < 4.78 is 0. The lowest BCUT2D eigenvalue weighted by Crippen LogP contribution is -2.51. The van der Waals surface area contributed by atoms with E-state index in [1.54, 1.807) is 6.92 Å². The summed E-state index contributed by atoms with van der Waals surface area (Å²) in [5.74, 6) is 0.236.